The predicted octanol–water partition coefficient (Wildman–Crippen LogP) is 0.738. The molecule has 2 rings (SSSR count). The lowest BCUT2D eigenvalue weighted by Gasteiger charge is -2.19. The number of nitrogens with zero attached hydrogens (tertiary/aromatic N) is 3. The molecule has 2 aromatic rings. The van der Waals surface area contributed by atoms with Gasteiger partial charge in [-0.15, -0.1) is 0 Å². The highest BCUT2D eigenvalue weighted by molar-refractivity contribution is 5.73. The van der Waals surface area contributed by atoms with E-state index in [9.17, 15) is 0 Å². The number of rotatable bonds is 5. The molecule has 0 radical (unpaired) electrons. The first-order valence-electron chi connectivity index (χ1n) is 5.54. The maximum Gasteiger partial charge on any atom is 0.177 e. The molecule has 0 aliphatic rings. The summed E-state index contributed by atoms with van der Waals surface area (Å²) < 4.78 is 0. The van der Waals surface area contributed by atoms with Crippen LogP contribution < -0.4 is 5.73 Å². The first kappa shape index (κ1) is 11.0. The van der Waals surface area contributed by atoms with E-state index in [1.807, 2.05) is 6.07 Å². The Morgan fingerprint density at radius 2 is 2.31 bits per heavy atom. The average Bonchev–Trinajstić information content (AvgIpc) is 2.77. The number of pyridine rings is 1. The van der Waals surface area contributed by atoms with Crippen LogP contribution in [0.5, 0.6) is 0 Å². The number of hydrogen-bond acceptors (Lipinski definition) is 4. The maximum absolute atomic E-state index is 5.58. The Bertz CT molecular complexity index is 450. The molecular formula is C11H17N5. The summed E-state index contributed by atoms with van der Waals surface area (Å²) in [5, 5.41) is 0. The zero-order valence-electron chi connectivity index (χ0n) is 9.48. The summed E-state index contributed by atoms with van der Waals surface area (Å²) in [7, 11) is 0. The molecule has 2 heterocycles. The van der Waals surface area contributed by atoms with Crippen LogP contribution in [0.1, 0.15) is 12.5 Å². The topological polar surface area (TPSA) is 70.8 Å². The second-order valence-corrected chi connectivity index (χ2v) is 3.73. The molecular weight excluding hydrogens is 202 g/mol. The summed E-state index contributed by atoms with van der Waals surface area (Å²) in [5.74, 6) is 0. The lowest BCUT2D eigenvalue weighted by atomic mass is 10.2. The fourth-order valence-corrected chi connectivity index (χ4v) is 1.81. The summed E-state index contributed by atoms with van der Waals surface area (Å²) in [5.41, 5.74) is 8.60. The number of aromatic amines is 1. The quantitative estimate of drug-likeness (QED) is 0.778. The molecule has 0 aliphatic heterocycles. The van der Waals surface area contributed by atoms with Crippen molar-refractivity contribution in [2.24, 2.45) is 5.73 Å². The second-order valence-electron chi connectivity index (χ2n) is 3.73. The van der Waals surface area contributed by atoms with Crippen molar-refractivity contribution in [1.29, 1.82) is 0 Å². The van der Waals surface area contributed by atoms with E-state index in [0.717, 1.165) is 30.8 Å². The van der Waals surface area contributed by atoms with Crippen LogP contribution in [0.4, 0.5) is 0 Å². The molecule has 0 spiro atoms. The summed E-state index contributed by atoms with van der Waals surface area (Å²) in [6.07, 6.45) is 3.48. The third kappa shape index (κ3) is 2.20. The number of nitrogens with one attached hydrogen (secondary N) is 1. The van der Waals surface area contributed by atoms with Gasteiger partial charge in [-0.05, 0) is 18.2 Å². The van der Waals surface area contributed by atoms with Crippen molar-refractivity contribution in [3.8, 4) is 0 Å². The predicted molar refractivity (Wildman–Crippen MR) is 63.9 cm³/mol. The molecule has 0 saturated carbocycles. The van der Waals surface area contributed by atoms with Gasteiger partial charge in [-0.2, -0.15) is 0 Å². The SMILES string of the molecule is CCN(CCN)Cc1ccnc2nc[nH]c12. The van der Waals surface area contributed by atoms with Gasteiger partial charge in [0.05, 0.1) is 11.8 Å². The zero-order valence-corrected chi connectivity index (χ0v) is 9.48. The van der Waals surface area contributed by atoms with E-state index in [1.54, 1.807) is 12.5 Å². The molecule has 3 N–H and O–H groups in total. The Balaban J connectivity index is 2.22. The highest BCUT2D eigenvalue weighted by Crippen LogP contribution is 2.13. The lowest BCUT2D eigenvalue weighted by Crippen LogP contribution is -2.28. The molecule has 86 valence electrons. The monoisotopic (exact) mass is 219 g/mol. The van der Waals surface area contributed by atoms with Gasteiger partial charge in [-0.25, -0.2) is 9.97 Å². The highest BCUT2D eigenvalue weighted by Gasteiger charge is 2.07. The minimum atomic E-state index is 0.686. The molecule has 0 saturated heterocycles. The van der Waals surface area contributed by atoms with Gasteiger partial charge in [-0.3, -0.25) is 4.90 Å². The fraction of sp³-hybridized carbons (Fsp3) is 0.455. The Kier molecular flexibility index (Phi) is 3.48. The van der Waals surface area contributed by atoms with Gasteiger partial charge in [0.15, 0.2) is 5.65 Å². The van der Waals surface area contributed by atoms with Crippen molar-refractivity contribution in [3.05, 3.63) is 24.2 Å². The van der Waals surface area contributed by atoms with Crippen molar-refractivity contribution >= 4 is 11.2 Å². The molecule has 0 amide bonds. The van der Waals surface area contributed by atoms with Crippen LogP contribution in [0, 0.1) is 0 Å². The van der Waals surface area contributed by atoms with Crippen molar-refractivity contribution in [1.82, 2.24) is 19.9 Å². The minimum absolute atomic E-state index is 0.686. The van der Waals surface area contributed by atoms with Crippen LogP contribution in [0.2, 0.25) is 0 Å². The van der Waals surface area contributed by atoms with E-state index in [1.165, 1.54) is 5.56 Å². The summed E-state index contributed by atoms with van der Waals surface area (Å²) >= 11 is 0. The summed E-state index contributed by atoms with van der Waals surface area (Å²) in [6, 6.07) is 2.03. The van der Waals surface area contributed by atoms with Gasteiger partial charge in [-0.1, -0.05) is 6.92 Å². The van der Waals surface area contributed by atoms with Crippen LogP contribution in [0.3, 0.4) is 0 Å². The number of imidazole rings is 1. The van der Waals surface area contributed by atoms with Gasteiger partial charge in [0.1, 0.15) is 0 Å². The molecule has 5 heteroatoms. The van der Waals surface area contributed by atoms with Crippen molar-refractivity contribution < 1.29 is 0 Å². The number of likely N-dealkylation sites (N-methyl/N-ethyl adjacent to an activating group) is 1. The molecule has 0 unspecified atom stereocenters. The van der Waals surface area contributed by atoms with Gasteiger partial charge in [0, 0.05) is 25.8 Å². The van der Waals surface area contributed by atoms with Crippen molar-refractivity contribution in [2.75, 3.05) is 19.6 Å². The number of hydrogen-bond donors (Lipinski definition) is 2. The Morgan fingerprint density at radius 1 is 1.44 bits per heavy atom. The average molecular weight is 219 g/mol. The molecule has 5 nitrogen and oxygen atoms in total. The van der Waals surface area contributed by atoms with E-state index in [4.69, 9.17) is 5.73 Å². The summed E-state index contributed by atoms with van der Waals surface area (Å²) in [4.78, 5) is 13.8. The smallest absolute Gasteiger partial charge is 0.177 e. The maximum atomic E-state index is 5.58. The molecule has 0 aromatic carbocycles. The van der Waals surface area contributed by atoms with E-state index in [-0.39, 0.29) is 0 Å². The van der Waals surface area contributed by atoms with Crippen LogP contribution in [-0.4, -0.2) is 39.5 Å². The molecule has 0 bridgehead atoms. The van der Waals surface area contributed by atoms with E-state index >= 15 is 0 Å². The highest BCUT2D eigenvalue weighted by atomic mass is 15.1. The number of nitrogens with two attached hydrogens (primary N) is 1. The van der Waals surface area contributed by atoms with Gasteiger partial charge in [0.2, 0.25) is 0 Å². The van der Waals surface area contributed by atoms with Crippen molar-refractivity contribution in [2.45, 2.75) is 13.5 Å². The normalized spacial score (nSPS) is 11.4. The van der Waals surface area contributed by atoms with Crippen molar-refractivity contribution in [3.63, 3.8) is 0 Å². The standard InChI is InChI=1S/C11H17N5/c1-2-16(6-4-12)7-9-3-5-13-11-10(9)14-8-15-11/h3,5,8H,2,4,6-7,12H2,1H3,(H,13,14,15). The van der Waals surface area contributed by atoms with E-state index < -0.39 is 0 Å². The largest absolute Gasteiger partial charge is 0.343 e. The second kappa shape index (κ2) is 5.05. The molecule has 0 atom stereocenters. The van der Waals surface area contributed by atoms with E-state index in [0.29, 0.717) is 6.54 Å². The van der Waals surface area contributed by atoms with E-state index in [2.05, 4.69) is 26.8 Å². The Hall–Kier alpha value is -1.46. The first-order chi connectivity index (χ1) is 7.85. The zero-order chi connectivity index (χ0) is 11.4. The van der Waals surface area contributed by atoms with Gasteiger partial charge in [0.25, 0.3) is 0 Å². The van der Waals surface area contributed by atoms with Gasteiger partial charge < -0.3 is 10.7 Å². The third-order valence-electron chi connectivity index (χ3n) is 2.70. The molecule has 0 fully saturated rings. The number of H-pyrrole nitrogens is 1. The Morgan fingerprint density at radius 3 is 3.06 bits per heavy atom. The number of fused-ring (bicyclic) bond motifs is 1. The lowest BCUT2D eigenvalue weighted by molar-refractivity contribution is 0.289. The van der Waals surface area contributed by atoms with Gasteiger partial charge >= 0.3 is 0 Å². The summed E-state index contributed by atoms with van der Waals surface area (Å²) in [6.45, 7) is 5.62. The minimum Gasteiger partial charge on any atom is -0.343 e. The molecule has 2 aromatic heterocycles. The number of aromatic nitrogens is 3. The van der Waals surface area contributed by atoms with Crippen LogP contribution in [0.25, 0.3) is 11.2 Å². The molecule has 16 heavy (non-hydrogen) atoms. The Labute approximate surface area is 94.7 Å². The van der Waals surface area contributed by atoms with Crippen LogP contribution in [0.15, 0.2) is 18.6 Å². The van der Waals surface area contributed by atoms with Crippen LogP contribution in [-0.2, 0) is 6.54 Å². The fourth-order valence-electron chi connectivity index (χ4n) is 1.81. The molecule has 0 aliphatic carbocycles. The first-order valence-corrected chi connectivity index (χ1v) is 5.54. The van der Waals surface area contributed by atoms with Crippen LogP contribution >= 0.6 is 0 Å². The third-order valence-corrected chi connectivity index (χ3v) is 2.70.